The maximum atomic E-state index is 6.29. The highest BCUT2D eigenvalue weighted by Crippen LogP contribution is 2.44. The number of hydrogen-bond acceptors (Lipinski definition) is 2. The van der Waals surface area contributed by atoms with E-state index in [2.05, 4.69) is 11.8 Å². The Kier molecular flexibility index (Phi) is 4.19. The summed E-state index contributed by atoms with van der Waals surface area (Å²) in [6.45, 7) is 4.63. The molecule has 0 aromatic heterocycles. The molecule has 2 nitrogen and oxygen atoms in total. The Morgan fingerprint density at radius 2 is 1.68 bits per heavy atom. The van der Waals surface area contributed by atoms with E-state index in [-0.39, 0.29) is 0 Å². The lowest BCUT2D eigenvalue weighted by Crippen LogP contribution is -2.62. The number of fused-ring (bicyclic) bond motifs is 1. The standard InChI is InChI=1S/C17H32N2/c1-14-8-10-17(13-18,11-9-14)19-12-4-6-15-5-2-3-7-16(15)19/h14-16H,2-13,18H2,1H3/t14?,15-,16-,17?/m1/s1. The molecule has 0 bridgehead atoms. The molecule has 0 spiro atoms. The zero-order valence-corrected chi connectivity index (χ0v) is 12.7. The second kappa shape index (κ2) is 5.73. The van der Waals surface area contributed by atoms with Crippen LogP contribution in [0.3, 0.4) is 0 Å². The summed E-state index contributed by atoms with van der Waals surface area (Å²) in [5, 5.41) is 0. The number of hydrogen-bond donors (Lipinski definition) is 1. The molecular weight excluding hydrogens is 232 g/mol. The molecule has 1 aliphatic heterocycles. The van der Waals surface area contributed by atoms with Crippen LogP contribution in [0.1, 0.15) is 71.1 Å². The summed E-state index contributed by atoms with van der Waals surface area (Å²) in [5.74, 6) is 1.91. The van der Waals surface area contributed by atoms with Crippen molar-refractivity contribution in [3.05, 3.63) is 0 Å². The van der Waals surface area contributed by atoms with Gasteiger partial charge in [-0.05, 0) is 69.7 Å². The number of rotatable bonds is 2. The molecule has 1 saturated heterocycles. The zero-order chi connectivity index (χ0) is 13.3. The van der Waals surface area contributed by atoms with Crippen LogP contribution in [0.2, 0.25) is 0 Å². The molecule has 2 saturated carbocycles. The first kappa shape index (κ1) is 13.9. The Bertz CT molecular complexity index is 292. The fourth-order valence-electron chi connectivity index (χ4n) is 5.12. The normalized spacial score (nSPS) is 44.8. The molecule has 2 heteroatoms. The Morgan fingerprint density at radius 1 is 1.00 bits per heavy atom. The van der Waals surface area contributed by atoms with Gasteiger partial charge in [0.25, 0.3) is 0 Å². The smallest absolute Gasteiger partial charge is 0.0335 e. The van der Waals surface area contributed by atoms with Gasteiger partial charge in [0.1, 0.15) is 0 Å². The number of piperidine rings is 1. The van der Waals surface area contributed by atoms with E-state index in [4.69, 9.17) is 5.73 Å². The first-order valence-electron chi connectivity index (χ1n) is 8.72. The maximum Gasteiger partial charge on any atom is 0.0335 e. The van der Waals surface area contributed by atoms with Crippen LogP contribution in [0, 0.1) is 11.8 Å². The van der Waals surface area contributed by atoms with Crippen molar-refractivity contribution in [3.63, 3.8) is 0 Å². The maximum absolute atomic E-state index is 6.29. The van der Waals surface area contributed by atoms with Gasteiger partial charge in [-0.1, -0.05) is 19.8 Å². The zero-order valence-electron chi connectivity index (χ0n) is 12.7. The van der Waals surface area contributed by atoms with Crippen molar-refractivity contribution in [2.24, 2.45) is 17.6 Å². The molecular formula is C17H32N2. The molecule has 0 aromatic rings. The number of nitrogens with two attached hydrogens (primary N) is 1. The fourth-order valence-corrected chi connectivity index (χ4v) is 5.12. The monoisotopic (exact) mass is 264 g/mol. The molecule has 19 heavy (non-hydrogen) atoms. The summed E-state index contributed by atoms with van der Waals surface area (Å²) < 4.78 is 0. The summed E-state index contributed by atoms with van der Waals surface area (Å²) in [5.41, 5.74) is 6.66. The van der Waals surface area contributed by atoms with Gasteiger partial charge in [0.15, 0.2) is 0 Å². The lowest BCUT2D eigenvalue weighted by atomic mass is 9.71. The Hall–Kier alpha value is -0.0800. The van der Waals surface area contributed by atoms with Crippen LogP contribution in [-0.4, -0.2) is 29.6 Å². The first-order chi connectivity index (χ1) is 9.25. The third-order valence-electron chi connectivity index (χ3n) is 6.44. The molecule has 110 valence electrons. The van der Waals surface area contributed by atoms with E-state index in [0.717, 1.165) is 24.4 Å². The fraction of sp³-hybridized carbons (Fsp3) is 1.00. The minimum absolute atomic E-state index is 0.368. The summed E-state index contributed by atoms with van der Waals surface area (Å²) in [7, 11) is 0. The third-order valence-corrected chi connectivity index (χ3v) is 6.44. The predicted molar refractivity (Wildman–Crippen MR) is 81.1 cm³/mol. The molecule has 2 aliphatic carbocycles. The van der Waals surface area contributed by atoms with Crippen molar-refractivity contribution in [2.75, 3.05) is 13.1 Å². The predicted octanol–water partition coefficient (Wildman–Crippen LogP) is 3.55. The highest BCUT2D eigenvalue weighted by molar-refractivity contribution is 5.01. The Labute approximate surface area is 119 Å². The van der Waals surface area contributed by atoms with E-state index < -0.39 is 0 Å². The quantitative estimate of drug-likeness (QED) is 0.826. The van der Waals surface area contributed by atoms with Crippen molar-refractivity contribution in [2.45, 2.75) is 82.7 Å². The summed E-state index contributed by atoms with van der Waals surface area (Å²) >= 11 is 0. The lowest BCUT2D eigenvalue weighted by molar-refractivity contribution is -0.0479. The molecule has 3 aliphatic rings. The van der Waals surface area contributed by atoms with E-state index >= 15 is 0 Å². The van der Waals surface area contributed by atoms with Crippen LogP contribution in [0.4, 0.5) is 0 Å². The molecule has 0 aromatic carbocycles. The average molecular weight is 264 g/mol. The topological polar surface area (TPSA) is 29.3 Å². The average Bonchev–Trinajstić information content (AvgIpc) is 2.48. The van der Waals surface area contributed by atoms with Gasteiger partial charge in [-0.3, -0.25) is 4.90 Å². The van der Waals surface area contributed by atoms with E-state index in [1.807, 2.05) is 0 Å². The second-order valence-corrected chi connectivity index (χ2v) is 7.56. The van der Waals surface area contributed by atoms with Crippen LogP contribution in [0.25, 0.3) is 0 Å². The van der Waals surface area contributed by atoms with Gasteiger partial charge in [-0.2, -0.15) is 0 Å². The highest BCUT2D eigenvalue weighted by atomic mass is 15.2. The number of nitrogens with zero attached hydrogens (tertiary/aromatic N) is 1. The molecule has 3 fully saturated rings. The second-order valence-electron chi connectivity index (χ2n) is 7.56. The highest BCUT2D eigenvalue weighted by Gasteiger charge is 2.45. The van der Waals surface area contributed by atoms with Gasteiger partial charge in [-0.25, -0.2) is 0 Å². The van der Waals surface area contributed by atoms with E-state index in [1.54, 1.807) is 0 Å². The van der Waals surface area contributed by atoms with Gasteiger partial charge >= 0.3 is 0 Å². The molecule has 0 radical (unpaired) electrons. The summed E-state index contributed by atoms with van der Waals surface area (Å²) in [6, 6.07) is 0.874. The summed E-state index contributed by atoms with van der Waals surface area (Å²) in [4.78, 5) is 2.91. The van der Waals surface area contributed by atoms with Crippen molar-refractivity contribution in [1.82, 2.24) is 4.90 Å². The van der Waals surface area contributed by atoms with Gasteiger partial charge in [-0.15, -0.1) is 0 Å². The molecule has 1 heterocycles. The minimum atomic E-state index is 0.368. The largest absolute Gasteiger partial charge is 0.329 e. The van der Waals surface area contributed by atoms with Gasteiger partial charge in [0, 0.05) is 18.1 Å². The molecule has 0 unspecified atom stereocenters. The molecule has 3 rings (SSSR count). The third kappa shape index (κ3) is 2.58. The van der Waals surface area contributed by atoms with Gasteiger partial charge < -0.3 is 5.73 Å². The van der Waals surface area contributed by atoms with Crippen LogP contribution in [0.5, 0.6) is 0 Å². The molecule has 2 N–H and O–H groups in total. The minimum Gasteiger partial charge on any atom is -0.329 e. The lowest BCUT2D eigenvalue weighted by Gasteiger charge is -2.55. The van der Waals surface area contributed by atoms with Gasteiger partial charge in [0.2, 0.25) is 0 Å². The van der Waals surface area contributed by atoms with Crippen LogP contribution in [0.15, 0.2) is 0 Å². The summed E-state index contributed by atoms with van der Waals surface area (Å²) in [6.07, 6.45) is 14.3. The van der Waals surface area contributed by atoms with Crippen molar-refractivity contribution in [3.8, 4) is 0 Å². The SMILES string of the molecule is CC1CCC(CN)(N2CCC[C@H]3CCCC[C@H]32)CC1. The van der Waals surface area contributed by atoms with Crippen molar-refractivity contribution in [1.29, 1.82) is 0 Å². The van der Waals surface area contributed by atoms with Crippen LogP contribution < -0.4 is 5.73 Å². The Morgan fingerprint density at radius 3 is 2.42 bits per heavy atom. The van der Waals surface area contributed by atoms with E-state index in [0.29, 0.717) is 5.54 Å². The first-order valence-corrected chi connectivity index (χ1v) is 8.72. The van der Waals surface area contributed by atoms with E-state index in [9.17, 15) is 0 Å². The van der Waals surface area contributed by atoms with Crippen molar-refractivity contribution >= 4 is 0 Å². The van der Waals surface area contributed by atoms with Crippen molar-refractivity contribution < 1.29 is 0 Å². The molecule has 0 amide bonds. The van der Waals surface area contributed by atoms with E-state index in [1.165, 1.54) is 70.8 Å². The molecule has 2 atom stereocenters. The Balaban J connectivity index is 1.77. The van der Waals surface area contributed by atoms with Crippen LogP contribution in [-0.2, 0) is 0 Å². The van der Waals surface area contributed by atoms with Crippen LogP contribution >= 0.6 is 0 Å². The van der Waals surface area contributed by atoms with Gasteiger partial charge in [0.05, 0.1) is 0 Å². The number of likely N-dealkylation sites (tertiary alicyclic amines) is 1.